The van der Waals surface area contributed by atoms with Crippen molar-refractivity contribution >= 4 is 11.3 Å². The normalized spacial score (nSPS) is 19.9. The Hall–Kier alpha value is -0.380. The summed E-state index contributed by atoms with van der Waals surface area (Å²) < 4.78 is 5.38. The molecule has 0 spiro atoms. The summed E-state index contributed by atoms with van der Waals surface area (Å²) in [5.41, 5.74) is 1.47. The van der Waals surface area contributed by atoms with Crippen molar-refractivity contribution in [2.75, 3.05) is 13.2 Å². The van der Waals surface area contributed by atoms with Gasteiger partial charge in [-0.15, -0.1) is 11.3 Å². The van der Waals surface area contributed by atoms with Crippen molar-refractivity contribution in [1.82, 2.24) is 5.32 Å². The van der Waals surface area contributed by atoms with Crippen LogP contribution in [-0.4, -0.2) is 19.3 Å². The molecule has 1 N–H and O–H groups in total. The molecule has 1 aliphatic heterocycles. The molecule has 0 radical (unpaired) electrons. The van der Waals surface area contributed by atoms with Crippen molar-refractivity contribution in [3.05, 3.63) is 21.4 Å². The third kappa shape index (κ3) is 2.84. The summed E-state index contributed by atoms with van der Waals surface area (Å²) in [6, 6.07) is 3.41. The zero-order valence-electron chi connectivity index (χ0n) is 10.4. The first-order valence-electron chi connectivity index (χ1n) is 6.07. The second kappa shape index (κ2) is 5.30. The highest BCUT2D eigenvalue weighted by molar-refractivity contribution is 7.12. The fourth-order valence-electron chi connectivity index (χ4n) is 2.39. The lowest BCUT2D eigenvalue weighted by atomic mass is 10.0. The first-order valence-corrected chi connectivity index (χ1v) is 6.89. The number of nitrogens with one attached hydrogen (secondary N) is 1. The Kier molecular flexibility index (Phi) is 4.00. The van der Waals surface area contributed by atoms with E-state index in [1.807, 2.05) is 11.3 Å². The first-order chi connectivity index (χ1) is 7.66. The largest absolute Gasteiger partial charge is 0.381 e. The SMILES string of the molecule is Cc1cc(C(C)NC2CCOCC2)c(C)s1. The molecule has 1 aromatic heterocycles. The van der Waals surface area contributed by atoms with Crippen LogP contribution in [0.5, 0.6) is 0 Å². The summed E-state index contributed by atoms with van der Waals surface area (Å²) in [4.78, 5) is 2.86. The van der Waals surface area contributed by atoms with Crippen LogP contribution < -0.4 is 5.32 Å². The van der Waals surface area contributed by atoms with Gasteiger partial charge in [0.05, 0.1) is 0 Å². The summed E-state index contributed by atoms with van der Waals surface area (Å²) in [6.45, 7) is 8.49. The average Bonchev–Trinajstić information content (AvgIpc) is 2.59. The molecule has 2 heterocycles. The number of hydrogen-bond donors (Lipinski definition) is 1. The number of hydrogen-bond acceptors (Lipinski definition) is 3. The second-order valence-electron chi connectivity index (χ2n) is 4.64. The van der Waals surface area contributed by atoms with E-state index >= 15 is 0 Å². The Morgan fingerprint density at radius 2 is 2.06 bits per heavy atom. The van der Waals surface area contributed by atoms with Crippen molar-refractivity contribution in [3.63, 3.8) is 0 Å². The number of aryl methyl sites for hydroxylation is 2. The Morgan fingerprint density at radius 3 is 2.62 bits per heavy atom. The summed E-state index contributed by atoms with van der Waals surface area (Å²) in [7, 11) is 0. The van der Waals surface area contributed by atoms with E-state index < -0.39 is 0 Å². The van der Waals surface area contributed by atoms with Crippen LogP contribution in [0, 0.1) is 13.8 Å². The van der Waals surface area contributed by atoms with Gasteiger partial charge in [-0.25, -0.2) is 0 Å². The van der Waals surface area contributed by atoms with Crippen LogP contribution in [0.3, 0.4) is 0 Å². The molecule has 0 aliphatic carbocycles. The maximum absolute atomic E-state index is 5.38. The highest BCUT2D eigenvalue weighted by Crippen LogP contribution is 2.27. The maximum atomic E-state index is 5.38. The van der Waals surface area contributed by atoms with Gasteiger partial charge in [0.25, 0.3) is 0 Å². The smallest absolute Gasteiger partial charge is 0.0480 e. The molecule has 0 aromatic carbocycles. The van der Waals surface area contributed by atoms with Crippen LogP contribution in [-0.2, 0) is 4.74 Å². The monoisotopic (exact) mass is 239 g/mol. The van der Waals surface area contributed by atoms with E-state index in [0.717, 1.165) is 26.1 Å². The third-order valence-electron chi connectivity index (χ3n) is 3.25. The van der Waals surface area contributed by atoms with Gasteiger partial charge >= 0.3 is 0 Å². The van der Waals surface area contributed by atoms with Crippen LogP contribution in [0.25, 0.3) is 0 Å². The van der Waals surface area contributed by atoms with Crippen molar-refractivity contribution in [2.45, 2.75) is 45.7 Å². The van der Waals surface area contributed by atoms with Crippen LogP contribution >= 0.6 is 11.3 Å². The fraction of sp³-hybridized carbons (Fsp3) is 0.692. The average molecular weight is 239 g/mol. The van der Waals surface area contributed by atoms with Crippen molar-refractivity contribution in [3.8, 4) is 0 Å². The quantitative estimate of drug-likeness (QED) is 0.874. The molecule has 16 heavy (non-hydrogen) atoms. The van der Waals surface area contributed by atoms with Gasteiger partial charge < -0.3 is 10.1 Å². The van der Waals surface area contributed by atoms with E-state index in [9.17, 15) is 0 Å². The van der Waals surface area contributed by atoms with Crippen LogP contribution in [0.4, 0.5) is 0 Å². The van der Waals surface area contributed by atoms with E-state index in [1.165, 1.54) is 15.3 Å². The van der Waals surface area contributed by atoms with E-state index in [-0.39, 0.29) is 0 Å². The zero-order valence-corrected chi connectivity index (χ0v) is 11.2. The number of thiophene rings is 1. The van der Waals surface area contributed by atoms with E-state index in [2.05, 4.69) is 32.2 Å². The molecule has 2 rings (SSSR count). The lowest BCUT2D eigenvalue weighted by Gasteiger charge is -2.26. The van der Waals surface area contributed by atoms with Gasteiger partial charge in [-0.1, -0.05) is 0 Å². The van der Waals surface area contributed by atoms with Crippen molar-refractivity contribution in [1.29, 1.82) is 0 Å². The van der Waals surface area contributed by atoms with Crippen LogP contribution in [0.1, 0.15) is 41.1 Å². The van der Waals surface area contributed by atoms with Gasteiger partial charge in [0.1, 0.15) is 0 Å². The summed E-state index contributed by atoms with van der Waals surface area (Å²) >= 11 is 1.89. The molecule has 1 aliphatic rings. The summed E-state index contributed by atoms with van der Waals surface area (Å²) in [5, 5.41) is 3.72. The van der Waals surface area contributed by atoms with E-state index in [1.54, 1.807) is 0 Å². The molecule has 1 unspecified atom stereocenters. The Bertz CT molecular complexity index is 342. The molecular weight excluding hydrogens is 218 g/mol. The topological polar surface area (TPSA) is 21.3 Å². The van der Waals surface area contributed by atoms with E-state index in [4.69, 9.17) is 4.74 Å². The summed E-state index contributed by atoms with van der Waals surface area (Å²) in [6.07, 6.45) is 2.29. The molecule has 1 fully saturated rings. The minimum Gasteiger partial charge on any atom is -0.381 e. The minimum atomic E-state index is 0.466. The summed E-state index contributed by atoms with van der Waals surface area (Å²) in [5.74, 6) is 0. The first kappa shape index (κ1) is 12.1. The lowest BCUT2D eigenvalue weighted by molar-refractivity contribution is 0.0754. The minimum absolute atomic E-state index is 0.466. The molecule has 0 saturated carbocycles. The zero-order chi connectivity index (χ0) is 11.5. The predicted octanol–water partition coefficient (Wildman–Crippen LogP) is 3.19. The van der Waals surface area contributed by atoms with Gasteiger partial charge in [-0.2, -0.15) is 0 Å². The number of rotatable bonds is 3. The fourth-order valence-corrected chi connectivity index (χ4v) is 3.41. The second-order valence-corrected chi connectivity index (χ2v) is 6.10. The predicted molar refractivity (Wildman–Crippen MR) is 69.2 cm³/mol. The van der Waals surface area contributed by atoms with Crippen molar-refractivity contribution < 1.29 is 4.74 Å². The highest BCUT2D eigenvalue weighted by atomic mass is 32.1. The molecule has 1 aromatic rings. The number of ether oxygens (including phenoxy) is 1. The lowest BCUT2D eigenvalue weighted by Crippen LogP contribution is -2.36. The van der Waals surface area contributed by atoms with Gasteiger partial charge in [0.2, 0.25) is 0 Å². The van der Waals surface area contributed by atoms with Crippen LogP contribution in [0.2, 0.25) is 0 Å². The third-order valence-corrected chi connectivity index (χ3v) is 4.23. The van der Waals surface area contributed by atoms with Gasteiger partial charge in [0.15, 0.2) is 0 Å². The Labute approximate surface area is 102 Å². The van der Waals surface area contributed by atoms with Crippen molar-refractivity contribution in [2.24, 2.45) is 0 Å². The van der Waals surface area contributed by atoms with E-state index in [0.29, 0.717) is 12.1 Å². The van der Waals surface area contributed by atoms with Crippen LogP contribution in [0.15, 0.2) is 6.07 Å². The standard InChI is InChI=1S/C13H21NOS/c1-9-8-13(11(3)16-9)10(2)14-12-4-6-15-7-5-12/h8,10,12,14H,4-7H2,1-3H3. The van der Waals surface area contributed by atoms with Gasteiger partial charge in [-0.3, -0.25) is 0 Å². The van der Waals surface area contributed by atoms with Gasteiger partial charge in [0, 0.05) is 35.1 Å². The molecule has 0 bridgehead atoms. The molecular formula is C13H21NOS. The maximum Gasteiger partial charge on any atom is 0.0480 e. The molecule has 0 amide bonds. The molecule has 2 nitrogen and oxygen atoms in total. The molecule has 3 heteroatoms. The Balaban J connectivity index is 1.96. The Morgan fingerprint density at radius 1 is 1.38 bits per heavy atom. The molecule has 1 saturated heterocycles. The van der Waals surface area contributed by atoms with Gasteiger partial charge in [-0.05, 0) is 45.2 Å². The molecule has 1 atom stereocenters. The highest BCUT2D eigenvalue weighted by Gasteiger charge is 2.18. The molecule has 90 valence electrons.